The van der Waals surface area contributed by atoms with E-state index in [4.69, 9.17) is 9.47 Å². The zero-order valence-electron chi connectivity index (χ0n) is 21.1. The number of benzene rings is 3. The van der Waals surface area contributed by atoms with Crippen molar-refractivity contribution in [2.45, 2.75) is 25.5 Å². The molecule has 10 nitrogen and oxygen atoms in total. The van der Waals surface area contributed by atoms with Gasteiger partial charge < -0.3 is 29.9 Å². The number of ether oxygens (including phenoxy) is 2. The zero-order valence-corrected chi connectivity index (χ0v) is 22.9. The molecule has 3 atom stereocenters. The third-order valence-electron chi connectivity index (χ3n) is 5.44. The molecule has 12 heteroatoms. The lowest BCUT2D eigenvalue weighted by atomic mass is 10.1. The SMILES string of the molecule is C[C@@H](Cc1ccc(OCP(=O)(O)c2ccccc2)cc1)NC[C@@H](O)COc1ccc(O)c(NS(C)(=O)=O)c1. The number of rotatable bonds is 14. The molecular weight excluding hydrogens is 531 g/mol. The lowest BCUT2D eigenvalue weighted by Gasteiger charge is -2.18. The molecule has 3 aromatic rings. The third kappa shape index (κ3) is 9.66. The van der Waals surface area contributed by atoms with E-state index in [2.05, 4.69) is 10.0 Å². The lowest BCUT2D eigenvalue weighted by molar-refractivity contribution is 0.104. The molecular formula is C26H33N2O8PS. The monoisotopic (exact) mass is 564 g/mol. The van der Waals surface area contributed by atoms with E-state index in [-0.39, 0.29) is 37.0 Å². The van der Waals surface area contributed by atoms with Gasteiger partial charge in [-0.05, 0) is 55.3 Å². The van der Waals surface area contributed by atoms with Gasteiger partial charge in [-0.15, -0.1) is 0 Å². The predicted molar refractivity (Wildman–Crippen MR) is 147 cm³/mol. The summed E-state index contributed by atoms with van der Waals surface area (Å²) in [7, 11) is -7.17. The molecule has 0 heterocycles. The minimum absolute atomic E-state index is 0.00998. The summed E-state index contributed by atoms with van der Waals surface area (Å²) in [5.41, 5.74) is 1.01. The minimum Gasteiger partial charge on any atom is -0.506 e. The van der Waals surface area contributed by atoms with Crippen molar-refractivity contribution in [1.29, 1.82) is 0 Å². The summed E-state index contributed by atoms with van der Waals surface area (Å²) >= 11 is 0. The molecule has 0 spiro atoms. The third-order valence-corrected chi connectivity index (χ3v) is 7.61. The second-order valence-corrected chi connectivity index (χ2v) is 12.9. The number of aromatic hydroxyl groups is 1. The number of phenols is 1. The van der Waals surface area contributed by atoms with Crippen LogP contribution in [0.1, 0.15) is 12.5 Å². The van der Waals surface area contributed by atoms with Crippen LogP contribution >= 0.6 is 7.37 Å². The Labute approximate surface area is 222 Å². The maximum atomic E-state index is 12.5. The van der Waals surface area contributed by atoms with E-state index >= 15 is 0 Å². The molecule has 0 fully saturated rings. The number of anilines is 1. The molecule has 0 aliphatic carbocycles. The second kappa shape index (κ2) is 13.1. The Balaban J connectivity index is 1.41. The molecule has 1 unspecified atom stereocenters. The summed E-state index contributed by atoms with van der Waals surface area (Å²) in [6.45, 7) is 2.20. The number of sulfonamides is 1. The zero-order chi connectivity index (χ0) is 27.8. The maximum absolute atomic E-state index is 12.5. The van der Waals surface area contributed by atoms with Crippen LogP contribution in [-0.4, -0.2) is 61.4 Å². The van der Waals surface area contributed by atoms with Crippen molar-refractivity contribution >= 4 is 28.4 Å². The van der Waals surface area contributed by atoms with Crippen LogP contribution in [0.15, 0.2) is 72.8 Å². The fraction of sp³-hybridized carbons (Fsp3) is 0.308. The highest BCUT2D eigenvalue weighted by Crippen LogP contribution is 2.39. The summed E-state index contributed by atoms with van der Waals surface area (Å²) in [6, 6.07) is 19.8. The van der Waals surface area contributed by atoms with Crippen molar-refractivity contribution in [1.82, 2.24) is 5.32 Å². The van der Waals surface area contributed by atoms with Gasteiger partial charge in [-0.1, -0.05) is 30.3 Å². The van der Waals surface area contributed by atoms with Crippen LogP contribution in [0, 0.1) is 0 Å². The minimum atomic E-state index is -3.61. The molecule has 3 rings (SSSR count). The summed E-state index contributed by atoms with van der Waals surface area (Å²) in [6.07, 6.45) is 0.510. The quantitative estimate of drug-likeness (QED) is 0.147. The van der Waals surface area contributed by atoms with Gasteiger partial charge in [-0.2, -0.15) is 0 Å². The fourth-order valence-electron chi connectivity index (χ4n) is 3.52. The van der Waals surface area contributed by atoms with E-state index in [0.717, 1.165) is 11.8 Å². The Morgan fingerprint density at radius 2 is 1.63 bits per heavy atom. The molecule has 38 heavy (non-hydrogen) atoms. The van der Waals surface area contributed by atoms with Crippen LogP contribution in [0.2, 0.25) is 0 Å². The standard InChI is InChI=1S/C26H33N2O8PS/c1-19(27-16-21(29)17-35-23-12-13-26(30)25(15-23)28-38(2,33)34)14-20-8-10-22(11-9-20)36-18-37(31,32)24-6-4-3-5-7-24/h3-13,15,19,21,27-30H,14,16-18H2,1-2H3,(H,31,32)/t19-,21+/m0/s1. The van der Waals surface area contributed by atoms with E-state index in [1.54, 1.807) is 42.5 Å². The normalized spacial score (nSPS) is 14.7. The van der Waals surface area contributed by atoms with Gasteiger partial charge in [0.15, 0.2) is 6.35 Å². The van der Waals surface area contributed by atoms with Crippen molar-refractivity contribution in [3.63, 3.8) is 0 Å². The number of hydrogen-bond donors (Lipinski definition) is 5. The van der Waals surface area contributed by atoms with Crippen LogP contribution in [0.3, 0.4) is 0 Å². The molecule has 3 aromatic carbocycles. The molecule has 0 aromatic heterocycles. The largest absolute Gasteiger partial charge is 0.506 e. The Morgan fingerprint density at radius 3 is 2.29 bits per heavy atom. The highest BCUT2D eigenvalue weighted by molar-refractivity contribution is 7.92. The van der Waals surface area contributed by atoms with Crippen LogP contribution in [0.25, 0.3) is 0 Å². The average molecular weight is 565 g/mol. The molecule has 0 radical (unpaired) electrons. The first-order valence-corrected chi connectivity index (χ1v) is 15.6. The summed E-state index contributed by atoms with van der Waals surface area (Å²) in [5.74, 6) is 0.555. The van der Waals surface area contributed by atoms with Crippen LogP contribution in [0.4, 0.5) is 5.69 Å². The first kappa shape index (κ1) is 29.5. The lowest BCUT2D eigenvalue weighted by Crippen LogP contribution is -2.37. The van der Waals surface area contributed by atoms with Crippen molar-refractivity contribution in [3.8, 4) is 17.2 Å². The van der Waals surface area contributed by atoms with Crippen molar-refractivity contribution in [3.05, 3.63) is 78.4 Å². The molecule has 206 valence electrons. The number of aliphatic hydroxyl groups excluding tert-OH is 1. The van der Waals surface area contributed by atoms with E-state index in [9.17, 15) is 28.1 Å². The Morgan fingerprint density at radius 1 is 0.974 bits per heavy atom. The summed E-state index contributed by atoms with van der Waals surface area (Å²) in [4.78, 5) is 10.2. The van der Waals surface area contributed by atoms with Gasteiger partial charge in [0.25, 0.3) is 7.37 Å². The van der Waals surface area contributed by atoms with Gasteiger partial charge in [-0.3, -0.25) is 9.29 Å². The van der Waals surface area contributed by atoms with Crippen molar-refractivity contribution in [2.24, 2.45) is 0 Å². The molecule has 0 saturated heterocycles. The highest BCUT2D eigenvalue weighted by Gasteiger charge is 2.22. The van der Waals surface area contributed by atoms with Gasteiger partial charge >= 0.3 is 0 Å². The predicted octanol–water partition coefficient (Wildman–Crippen LogP) is 2.66. The summed E-state index contributed by atoms with van der Waals surface area (Å²) in [5, 5.41) is 23.6. The number of phenolic OH excluding ortho intramolecular Hbond substituents is 1. The van der Waals surface area contributed by atoms with E-state index < -0.39 is 23.5 Å². The Bertz CT molecular complexity index is 1340. The molecule has 0 aliphatic heterocycles. The van der Waals surface area contributed by atoms with Crippen molar-refractivity contribution in [2.75, 3.05) is 30.5 Å². The number of hydrogen-bond acceptors (Lipinski definition) is 8. The van der Waals surface area contributed by atoms with Gasteiger partial charge in [0.05, 0.1) is 11.9 Å². The van der Waals surface area contributed by atoms with Gasteiger partial charge in [-0.25, -0.2) is 8.42 Å². The summed E-state index contributed by atoms with van der Waals surface area (Å²) < 4.78 is 48.6. The van der Waals surface area contributed by atoms with Gasteiger partial charge in [0.1, 0.15) is 30.0 Å². The van der Waals surface area contributed by atoms with Crippen LogP contribution in [0.5, 0.6) is 17.2 Å². The van der Waals surface area contributed by atoms with Gasteiger partial charge in [0, 0.05) is 24.0 Å². The Kier molecular flexibility index (Phi) is 10.2. The smallest absolute Gasteiger partial charge is 0.265 e. The van der Waals surface area contributed by atoms with Crippen LogP contribution < -0.4 is 24.8 Å². The highest BCUT2D eigenvalue weighted by atomic mass is 32.2. The molecule has 0 aliphatic rings. The van der Waals surface area contributed by atoms with Crippen LogP contribution in [-0.2, 0) is 21.0 Å². The first-order chi connectivity index (χ1) is 17.9. The van der Waals surface area contributed by atoms with E-state index in [1.165, 1.54) is 18.2 Å². The molecule has 0 amide bonds. The number of nitrogens with one attached hydrogen (secondary N) is 2. The fourth-order valence-corrected chi connectivity index (χ4v) is 5.19. The maximum Gasteiger partial charge on any atom is 0.265 e. The Hall–Kier alpha value is -3.08. The molecule has 0 bridgehead atoms. The second-order valence-electron chi connectivity index (χ2n) is 8.99. The van der Waals surface area contributed by atoms with E-state index in [0.29, 0.717) is 23.2 Å². The van der Waals surface area contributed by atoms with Crippen molar-refractivity contribution < 1.29 is 37.6 Å². The molecule has 5 N–H and O–H groups in total. The number of aliphatic hydroxyl groups is 1. The first-order valence-electron chi connectivity index (χ1n) is 11.9. The van der Waals surface area contributed by atoms with Gasteiger partial charge in [0.2, 0.25) is 10.0 Å². The molecule has 0 saturated carbocycles. The topological polar surface area (TPSA) is 154 Å². The average Bonchev–Trinajstić information content (AvgIpc) is 2.87. The van der Waals surface area contributed by atoms with E-state index in [1.807, 2.05) is 19.1 Å².